The van der Waals surface area contributed by atoms with Crippen LogP contribution in [0.2, 0.25) is 0 Å². The second kappa shape index (κ2) is 7.99. The number of nitrogens with zero attached hydrogens (tertiary/aromatic N) is 1. The molecule has 4 N–H and O–H groups in total. The van der Waals surface area contributed by atoms with Gasteiger partial charge in [0.2, 0.25) is 5.91 Å². The molecule has 1 aromatic carbocycles. The molecule has 7 nitrogen and oxygen atoms in total. The smallest absolute Gasteiger partial charge is 0.319 e. The number of thiazole rings is 1. The summed E-state index contributed by atoms with van der Waals surface area (Å²) in [5, 5.41) is 7.10. The van der Waals surface area contributed by atoms with Crippen LogP contribution in [0.1, 0.15) is 12.1 Å². The number of hydrogen-bond donors (Lipinski definition) is 3. The van der Waals surface area contributed by atoms with Crippen molar-refractivity contribution in [2.24, 2.45) is 5.73 Å². The van der Waals surface area contributed by atoms with Crippen LogP contribution in [0.25, 0.3) is 0 Å². The van der Waals surface area contributed by atoms with E-state index in [0.29, 0.717) is 18.0 Å². The molecule has 0 aliphatic carbocycles. The molecule has 0 atom stereocenters. The third-order valence-corrected chi connectivity index (χ3v) is 3.25. The molecule has 0 spiro atoms. The van der Waals surface area contributed by atoms with Crippen LogP contribution >= 0.6 is 11.3 Å². The predicted molar refractivity (Wildman–Crippen MR) is 83.7 cm³/mol. The van der Waals surface area contributed by atoms with Gasteiger partial charge >= 0.3 is 6.03 Å². The lowest BCUT2D eigenvalue weighted by molar-refractivity contribution is -0.117. The van der Waals surface area contributed by atoms with Crippen molar-refractivity contribution in [2.45, 2.75) is 13.0 Å². The lowest BCUT2D eigenvalue weighted by Gasteiger charge is -2.09. The van der Waals surface area contributed by atoms with Crippen molar-refractivity contribution in [2.75, 3.05) is 11.9 Å². The highest BCUT2D eigenvalue weighted by atomic mass is 32.1. The number of aromatic nitrogens is 1. The first-order valence-corrected chi connectivity index (χ1v) is 7.51. The van der Waals surface area contributed by atoms with Crippen molar-refractivity contribution in [1.82, 2.24) is 10.3 Å². The second-order valence-corrected chi connectivity index (χ2v) is 5.11. The third kappa shape index (κ3) is 5.41. The molecule has 22 heavy (non-hydrogen) atoms. The standard InChI is InChI=1S/C14H16N4O3S/c15-13(19)4-5-16-14(20)18-10-2-1-3-12(6-10)21-7-11-8-22-9-17-11/h1-3,6,8-9H,4-5,7H2,(H2,15,19)(H2,16,18,20). The molecule has 2 aromatic rings. The van der Waals surface area contributed by atoms with Gasteiger partial charge in [-0.3, -0.25) is 4.79 Å². The number of nitrogens with two attached hydrogens (primary N) is 1. The molecular weight excluding hydrogens is 304 g/mol. The molecule has 0 saturated carbocycles. The lowest BCUT2D eigenvalue weighted by Crippen LogP contribution is -2.31. The van der Waals surface area contributed by atoms with Crippen molar-refractivity contribution in [3.63, 3.8) is 0 Å². The minimum absolute atomic E-state index is 0.101. The number of amides is 3. The molecule has 0 aliphatic heterocycles. The summed E-state index contributed by atoms with van der Waals surface area (Å²) in [4.78, 5) is 26.3. The van der Waals surface area contributed by atoms with Crippen molar-refractivity contribution < 1.29 is 14.3 Å². The van der Waals surface area contributed by atoms with Crippen molar-refractivity contribution in [3.8, 4) is 5.75 Å². The van der Waals surface area contributed by atoms with Crippen LogP contribution in [0.15, 0.2) is 35.2 Å². The Morgan fingerprint density at radius 2 is 2.23 bits per heavy atom. The van der Waals surface area contributed by atoms with Crippen molar-refractivity contribution >= 4 is 29.0 Å². The summed E-state index contributed by atoms with van der Waals surface area (Å²) in [6.45, 7) is 0.568. The molecule has 0 bridgehead atoms. The maximum atomic E-state index is 11.6. The van der Waals surface area contributed by atoms with Crippen LogP contribution in [-0.4, -0.2) is 23.5 Å². The molecule has 1 heterocycles. The maximum Gasteiger partial charge on any atom is 0.319 e. The Morgan fingerprint density at radius 1 is 1.36 bits per heavy atom. The van der Waals surface area contributed by atoms with Gasteiger partial charge in [-0.25, -0.2) is 9.78 Å². The van der Waals surface area contributed by atoms with E-state index < -0.39 is 11.9 Å². The zero-order chi connectivity index (χ0) is 15.8. The van der Waals surface area contributed by atoms with E-state index in [-0.39, 0.29) is 13.0 Å². The fourth-order valence-electron chi connectivity index (χ4n) is 1.60. The maximum absolute atomic E-state index is 11.6. The minimum atomic E-state index is -0.460. The summed E-state index contributed by atoms with van der Waals surface area (Å²) in [5.41, 5.74) is 8.18. The van der Waals surface area contributed by atoms with Crippen LogP contribution in [-0.2, 0) is 11.4 Å². The van der Waals surface area contributed by atoms with E-state index in [1.807, 2.05) is 5.38 Å². The number of benzene rings is 1. The van der Waals surface area contributed by atoms with Crippen LogP contribution in [0, 0.1) is 0 Å². The highest BCUT2D eigenvalue weighted by molar-refractivity contribution is 7.07. The predicted octanol–water partition coefficient (Wildman–Crippen LogP) is 1.72. The number of nitrogens with one attached hydrogen (secondary N) is 2. The summed E-state index contributed by atoms with van der Waals surface area (Å²) < 4.78 is 5.60. The number of primary amides is 1. The number of rotatable bonds is 7. The van der Waals surface area contributed by atoms with Crippen LogP contribution in [0.4, 0.5) is 10.5 Å². The largest absolute Gasteiger partial charge is 0.487 e. The Balaban J connectivity index is 1.82. The van der Waals surface area contributed by atoms with E-state index in [1.165, 1.54) is 11.3 Å². The number of carbonyl (C=O) groups excluding carboxylic acids is 2. The topological polar surface area (TPSA) is 106 Å². The van der Waals surface area contributed by atoms with E-state index in [1.54, 1.807) is 29.8 Å². The fraction of sp³-hybridized carbons (Fsp3) is 0.214. The minimum Gasteiger partial charge on any atom is -0.487 e. The molecule has 0 fully saturated rings. The second-order valence-electron chi connectivity index (χ2n) is 4.39. The zero-order valence-electron chi connectivity index (χ0n) is 11.7. The molecule has 116 valence electrons. The molecular formula is C14H16N4O3S. The monoisotopic (exact) mass is 320 g/mol. The highest BCUT2D eigenvalue weighted by Gasteiger charge is 2.04. The van der Waals surface area contributed by atoms with Crippen LogP contribution < -0.4 is 21.1 Å². The normalized spacial score (nSPS) is 10.0. The number of anilines is 1. The summed E-state index contributed by atoms with van der Waals surface area (Å²) in [6, 6.07) is 6.61. The molecule has 0 unspecified atom stereocenters. The number of carbonyl (C=O) groups is 2. The number of hydrogen-bond acceptors (Lipinski definition) is 5. The van der Waals surface area contributed by atoms with Gasteiger partial charge in [-0.2, -0.15) is 0 Å². The van der Waals surface area contributed by atoms with Gasteiger partial charge in [-0.05, 0) is 12.1 Å². The summed E-state index contributed by atoms with van der Waals surface area (Å²) in [5.74, 6) is 0.167. The number of urea groups is 1. The van der Waals surface area contributed by atoms with Gasteiger partial charge in [0.25, 0.3) is 0 Å². The van der Waals surface area contributed by atoms with Gasteiger partial charge in [0, 0.05) is 30.1 Å². The first kappa shape index (κ1) is 15.8. The molecule has 3 amide bonds. The van der Waals surface area contributed by atoms with Gasteiger partial charge in [-0.15, -0.1) is 11.3 Å². The molecule has 0 aliphatic rings. The highest BCUT2D eigenvalue weighted by Crippen LogP contribution is 2.18. The van der Waals surface area contributed by atoms with E-state index in [2.05, 4.69) is 15.6 Å². The summed E-state index contributed by atoms with van der Waals surface area (Å²) in [7, 11) is 0. The van der Waals surface area contributed by atoms with Crippen molar-refractivity contribution in [1.29, 1.82) is 0 Å². The van der Waals surface area contributed by atoms with Crippen LogP contribution in [0.3, 0.4) is 0 Å². The average molecular weight is 320 g/mol. The van der Waals surface area contributed by atoms with Gasteiger partial charge in [0.1, 0.15) is 12.4 Å². The van der Waals surface area contributed by atoms with E-state index in [0.717, 1.165) is 5.69 Å². The van der Waals surface area contributed by atoms with Gasteiger partial charge in [0.15, 0.2) is 0 Å². The molecule has 2 rings (SSSR count). The molecule has 8 heteroatoms. The van der Waals surface area contributed by atoms with E-state index in [9.17, 15) is 9.59 Å². The van der Waals surface area contributed by atoms with Crippen LogP contribution in [0.5, 0.6) is 5.75 Å². The van der Waals surface area contributed by atoms with E-state index in [4.69, 9.17) is 10.5 Å². The van der Waals surface area contributed by atoms with E-state index >= 15 is 0 Å². The Bertz CT molecular complexity index is 631. The number of ether oxygens (including phenoxy) is 1. The molecule has 0 saturated heterocycles. The SMILES string of the molecule is NC(=O)CCNC(=O)Nc1cccc(OCc2cscn2)c1. The summed E-state index contributed by atoms with van der Waals surface area (Å²) >= 11 is 1.51. The van der Waals surface area contributed by atoms with Crippen molar-refractivity contribution in [3.05, 3.63) is 40.8 Å². The Hall–Kier alpha value is -2.61. The first-order valence-electron chi connectivity index (χ1n) is 6.56. The fourth-order valence-corrected chi connectivity index (χ4v) is 2.15. The zero-order valence-corrected chi connectivity index (χ0v) is 12.6. The molecule has 1 aromatic heterocycles. The Morgan fingerprint density at radius 3 is 2.95 bits per heavy atom. The van der Waals surface area contributed by atoms with Gasteiger partial charge in [-0.1, -0.05) is 6.07 Å². The van der Waals surface area contributed by atoms with Gasteiger partial charge in [0.05, 0.1) is 11.2 Å². The third-order valence-electron chi connectivity index (χ3n) is 2.62. The Kier molecular flexibility index (Phi) is 5.73. The Labute approximate surface area is 131 Å². The lowest BCUT2D eigenvalue weighted by atomic mass is 10.3. The summed E-state index contributed by atoms with van der Waals surface area (Å²) in [6.07, 6.45) is 0.101. The van der Waals surface area contributed by atoms with Gasteiger partial charge < -0.3 is 21.1 Å². The first-order chi connectivity index (χ1) is 10.6. The molecule has 0 radical (unpaired) electrons. The average Bonchev–Trinajstić information content (AvgIpc) is 2.98. The quantitative estimate of drug-likeness (QED) is 0.722.